The van der Waals surface area contributed by atoms with Gasteiger partial charge in [0.25, 0.3) is 0 Å². The number of hydrogen-bond acceptors (Lipinski definition) is 1. The Morgan fingerprint density at radius 2 is 2.11 bits per heavy atom. The van der Waals surface area contributed by atoms with Gasteiger partial charge in [0.05, 0.1) is 4.83 Å². The van der Waals surface area contributed by atoms with Crippen molar-refractivity contribution in [3.63, 3.8) is 0 Å². The van der Waals surface area contributed by atoms with Gasteiger partial charge < -0.3 is 4.90 Å². The normalized spacial score (nSPS) is 19.3. The van der Waals surface area contributed by atoms with E-state index in [2.05, 4.69) is 37.9 Å². The molecule has 1 aromatic carbocycles. The first-order chi connectivity index (χ1) is 8.00. The molecule has 18 heavy (non-hydrogen) atoms. The first-order valence-electron chi connectivity index (χ1n) is 5.29. The van der Waals surface area contributed by atoms with Crippen LogP contribution in [-0.2, 0) is 37.5 Å². The second kappa shape index (κ2) is 6.78. The third-order valence-corrected chi connectivity index (χ3v) is 4.03. The van der Waals surface area contributed by atoms with Gasteiger partial charge in [0, 0.05) is 44.2 Å². The molecule has 0 bridgehead atoms. The van der Waals surface area contributed by atoms with Gasteiger partial charge in [0.15, 0.2) is 0 Å². The predicted octanol–water partition coefficient (Wildman–Crippen LogP) is 3.52. The van der Waals surface area contributed by atoms with E-state index in [4.69, 9.17) is 0 Å². The number of benzene rings is 1. The molecule has 0 fully saturated rings. The summed E-state index contributed by atoms with van der Waals surface area (Å²) in [5.74, 6) is 0.0843. The van der Waals surface area contributed by atoms with Crippen LogP contribution in [0.2, 0.25) is 0 Å². The van der Waals surface area contributed by atoms with E-state index in [1.807, 2.05) is 25.1 Å². The van der Waals surface area contributed by atoms with Gasteiger partial charge in [0.2, 0.25) is 5.91 Å². The maximum absolute atomic E-state index is 11.9. The summed E-state index contributed by atoms with van der Waals surface area (Å²) in [4.78, 5) is 13.4. The Hall–Kier alpha value is 0.494. The first-order valence-corrected chi connectivity index (χ1v) is 7.00. The van der Waals surface area contributed by atoms with Gasteiger partial charge in [-0.2, -0.15) is 0 Å². The number of nitrogens with zero attached hydrogens (tertiary/aromatic N) is 1. The quantitative estimate of drug-likeness (QED) is 0.477. The fourth-order valence-corrected chi connectivity index (χ4v) is 2.83. The minimum absolute atomic E-state index is 0. The number of amides is 1. The van der Waals surface area contributed by atoms with Gasteiger partial charge in [0.1, 0.15) is 0 Å². The van der Waals surface area contributed by atoms with E-state index >= 15 is 0 Å². The Labute approximate surface area is 149 Å². The molecule has 0 N–H and O–H groups in total. The van der Waals surface area contributed by atoms with Crippen molar-refractivity contribution in [1.82, 2.24) is 4.90 Å². The van der Waals surface area contributed by atoms with Crippen molar-refractivity contribution in [3.05, 3.63) is 39.9 Å². The summed E-state index contributed by atoms with van der Waals surface area (Å²) >= 11 is 6.79. The number of aryl methyl sites for hydroxylation is 1. The van der Waals surface area contributed by atoms with Crippen LogP contribution in [0.3, 0.4) is 0 Å². The van der Waals surface area contributed by atoms with E-state index < -0.39 is 0 Å². The van der Waals surface area contributed by atoms with Crippen molar-refractivity contribution >= 4 is 43.5 Å². The Morgan fingerprint density at radius 3 is 2.72 bits per heavy atom. The summed E-state index contributed by atoms with van der Waals surface area (Å²) in [5.41, 5.74) is 3.06. The minimum Gasteiger partial charge on any atom is -0.350 e. The maximum Gasteiger partial charge on any atom is 0.236 e. The average molecular weight is 447 g/mol. The number of carbonyl (C=O) groups is 1. The molecule has 93 valence electrons. The van der Waals surface area contributed by atoms with Gasteiger partial charge in [-0.15, -0.1) is 22.9 Å². The molecule has 0 aliphatic carbocycles. The van der Waals surface area contributed by atoms with Crippen molar-refractivity contribution in [2.24, 2.45) is 0 Å². The number of halogens is 2. The second-order valence-electron chi connectivity index (χ2n) is 4.05. The molecule has 0 saturated heterocycles. The molecule has 1 heterocycles. The van der Waals surface area contributed by atoms with E-state index in [1.165, 1.54) is 0 Å². The van der Waals surface area contributed by atoms with Crippen molar-refractivity contribution in [3.8, 4) is 0 Å². The number of allylic oxidation sites excluding steroid dienone is 1. The molecule has 0 spiro atoms. The Morgan fingerprint density at radius 1 is 1.44 bits per heavy atom. The first kappa shape index (κ1) is 16.5. The smallest absolute Gasteiger partial charge is 0.236 e. The third kappa shape index (κ3) is 3.33. The minimum atomic E-state index is -0.146. The summed E-state index contributed by atoms with van der Waals surface area (Å²) < 4.78 is 1.04. The Bertz CT molecular complexity index is 502. The standard InChI is InChI=1S/C13H12Br2NO.Y/c1-8-7-9(14)3-4-10(8)12-6-5-11(15)13(17)16(12)2;/h3-4,7,11H,5H2,1-2H3;/q-1;. The monoisotopic (exact) mass is 445 g/mol. The molecule has 1 aliphatic heterocycles. The van der Waals surface area contributed by atoms with E-state index in [0.717, 1.165) is 21.3 Å². The van der Waals surface area contributed by atoms with Crippen molar-refractivity contribution in [2.75, 3.05) is 7.05 Å². The van der Waals surface area contributed by atoms with Gasteiger partial charge in [-0.1, -0.05) is 57.3 Å². The van der Waals surface area contributed by atoms with Crippen molar-refractivity contribution in [1.29, 1.82) is 0 Å². The summed E-state index contributed by atoms with van der Waals surface area (Å²) in [7, 11) is 1.79. The fraction of sp³-hybridized carbons (Fsp3) is 0.308. The molecular formula is C13H12Br2NOY-. The SMILES string of the molecule is Cc1cc(Br)ccc1C1=[C-]CC(Br)C(=O)N1C.[Y]. The van der Waals surface area contributed by atoms with Crippen molar-refractivity contribution in [2.45, 2.75) is 18.2 Å². The fourth-order valence-electron chi connectivity index (χ4n) is 1.88. The summed E-state index contributed by atoms with van der Waals surface area (Å²) in [6.45, 7) is 2.04. The molecular weight excluding hydrogens is 435 g/mol. The summed E-state index contributed by atoms with van der Waals surface area (Å²) in [6, 6.07) is 6.04. The molecule has 0 aromatic heterocycles. The zero-order valence-electron chi connectivity index (χ0n) is 10.2. The van der Waals surface area contributed by atoms with E-state index in [0.29, 0.717) is 6.42 Å². The van der Waals surface area contributed by atoms with Gasteiger partial charge >= 0.3 is 0 Å². The largest absolute Gasteiger partial charge is 0.350 e. The Kier molecular flexibility index (Phi) is 6.23. The average Bonchev–Trinajstić information content (AvgIpc) is 2.28. The van der Waals surface area contributed by atoms with Crippen molar-refractivity contribution < 1.29 is 37.5 Å². The second-order valence-corrected chi connectivity index (χ2v) is 6.07. The van der Waals surface area contributed by atoms with Gasteiger partial charge in [-0.3, -0.25) is 4.79 Å². The zero-order chi connectivity index (χ0) is 12.6. The van der Waals surface area contributed by atoms with E-state index in [-0.39, 0.29) is 43.4 Å². The number of rotatable bonds is 1. The molecule has 1 radical (unpaired) electrons. The number of hydrogen-bond donors (Lipinski definition) is 0. The van der Waals surface area contributed by atoms with E-state index in [1.54, 1.807) is 11.9 Å². The number of carbonyl (C=O) groups excluding carboxylic acids is 1. The predicted molar refractivity (Wildman–Crippen MR) is 75.6 cm³/mol. The van der Waals surface area contributed by atoms with Crippen LogP contribution in [0.1, 0.15) is 17.5 Å². The van der Waals surface area contributed by atoms with Gasteiger partial charge in [-0.05, 0) is 0 Å². The van der Waals surface area contributed by atoms with Crippen LogP contribution in [0, 0.1) is 13.0 Å². The summed E-state index contributed by atoms with van der Waals surface area (Å²) in [5, 5.41) is 0. The molecule has 1 atom stereocenters. The van der Waals surface area contributed by atoms with Crippen LogP contribution in [0.5, 0.6) is 0 Å². The maximum atomic E-state index is 11.9. The number of alkyl halides is 1. The van der Waals surface area contributed by atoms with Crippen LogP contribution in [-0.4, -0.2) is 22.7 Å². The van der Waals surface area contributed by atoms with Crippen LogP contribution in [0.15, 0.2) is 22.7 Å². The molecule has 1 aliphatic rings. The van der Waals surface area contributed by atoms with Crippen LogP contribution < -0.4 is 0 Å². The molecule has 2 nitrogen and oxygen atoms in total. The topological polar surface area (TPSA) is 20.3 Å². The summed E-state index contributed by atoms with van der Waals surface area (Å²) in [6.07, 6.45) is 3.90. The third-order valence-electron chi connectivity index (χ3n) is 2.83. The molecule has 1 amide bonds. The zero-order valence-corrected chi connectivity index (χ0v) is 16.2. The van der Waals surface area contributed by atoms with Crippen LogP contribution in [0.25, 0.3) is 5.70 Å². The van der Waals surface area contributed by atoms with E-state index in [9.17, 15) is 4.79 Å². The molecule has 1 aromatic rings. The molecule has 5 heteroatoms. The molecule has 1 unspecified atom stereocenters. The van der Waals surface area contributed by atoms with Crippen LogP contribution in [0.4, 0.5) is 0 Å². The molecule has 2 rings (SSSR count). The van der Waals surface area contributed by atoms with Crippen LogP contribution >= 0.6 is 31.9 Å². The Balaban J connectivity index is 0.00000162. The van der Waals surface area contributed by atoms with Gasteiger partial charge in [-0.25, -0.2) is 6.08 Å². The molecule has 0 saturated carbocycles.